The standard InChI is InChI=1S/C12H16FN3/c1-7(2)11-9-5-4-6-10(13)12(9)16(15-11)8(3)14/h4-8H,14H2,1-3H3. The number of halogens is 1. The van der Waals surface area contributed by atoms with Gasteiger partial charge in [-0.1, -0.05) is 26.0 Å². The average molecular weight is 221 g/mol. The first-order valence-corrected chi connectivity index (χ1v) is 5.44. The molecule has 2 aromatic rings. The summed E-state index contributed by atoms with van der Waals surface area (Å²) in [6.45, 7) is 5.87. The van der Waals surface area contributed by atoms with E-state index in [-0.39, 0.29) is 17.9 Å². The molecule has 0 saturated heterocycles. The minimum Gasteiger partial charge on any atom is -0.310 e. The summed E-state index contributed by atoms with van der Waals surface area (Å²) in [4.78, 5) is 0. The Hall–Kier alpha value is -1.42. The molecule has 0 radical (unpaired) electrons. The molecule has 1 atom stereocenters. The first-order chi connectivity index (χ1) is 7.52. The van der Waals surface area contributed by atoms with Crippen LogP contribution in [-0.2, 0) is 0 Å². The van der Waals surface area contributed by atoms with Crippen molar-refractivity contribution < 1.29 is 4.39 Å². The molecule has 1 aromatic heterocycles. The number of hydrogen-bond acceptors (Lipinski definition) is 2. The second-order valence-electron chi connectivity index (χ2n) is 4.36. The highest BCUT2D eigenvalue weighted by molar-refractivity contribution is 5.83. The third-order valence-corrected chi connectivity index (χ3v) is 2.64. The zero-order valence-electron chi connectivity index (χ0n) is 9.74. The first-order valence-electron chi connectivity index (χ1n) is 5.44. The molecule has 0 aliphatic heterocycles. The third-order valence-electron chi connectivity index (χ3n) is 2.64. The largest absolute Gasteiger partial charge is 0.310 e. The second-order valence-corrected chi connectivity index (χ2v) is 4.36. The Morgan fingerprint density at radius 3 is 2.56 bits per heavy atom. The van der Waals surface area contributed by atoms with Crippen LogP contribution in [0.2, 0.25) is 0 Å². The van der Waals surface area contributed by atoms with Gasteiger partial charge in [0.05, 0.1) is 11.9 Å². The van der Waals surface area contributed by atoms with Crippen molar-refractivity contribution in [2.45, 2.75) is 32.9 Å². The fraction of sp³-hybridized carbons (Fsp3) is 0.417. The molecule has 0 bridgehead atoms. The summed E-state index contributed by atoms with van der Waals surface area (Å²) in [6.07, 6.45) is -0.327. The summed E-state index contributed by atoms with van der Waals surface area (Å²) in [7, 11) is 0. The fourth-order valence-corrected chi connectivity index (χ4v) is 1.90. The Morgan fingerprint density at radius 1 is 1.31 bits per heavy atom. The van der Waals surface area contributed by atoms with Crippen LogP contribution in [-0.4, -0.2) is 9.78 Å². The molecule has 0 aliphatic carbocycles. The van der Waals surface area contributed by atoms with Crippen molar-refractivity contribution in [3.63, 3.8) is 0 Å². The van der Waals surface area contributed by atoms with Gasteiger partial charge >= 0.3 is 0 Å². The smallest absolute Gasteiger partial charge is 0.149 e. The van der Waals surface area contributed by atoms with Gasteiger partial charge in [0.15, 0.2) is 0 Å². The van der Waals surface area contributed by atoms with Crippen LogP contribution in [0.4, 0.5) is 4.39 Å². The zero-order valence-corrected chi connectivity index (χ0v) is 9.74. The van der Waals surface area contributed by atoms with Gasteiger partial charge in [0.25, 0.3) is 0 Å². The van der Waals surface area contributed by atoms with E-state index in [0.717, 1.165) is 11.1 Å². The van der Waals surface area contributed by atoms with E-state index in [1.807, 2.05) is 19.9 Å². The number of nitrogens with two attached hydrogens (primary N) is 1. The minimum absolute atomic E-state index is 0.254. The maximum atomic E-state index is 13.8. The molecule has 16 heavy (non-hydrogen) atoms. The highest BCUT2D eigenvalue weighted by atomic mass is 19.1. The number of aromatic nitrogens is 2. The van der Waals surface area contributed by atoms with Crippen LogP contribution < -0.4 is 5.73 Å². The lowest BCUT2D eigenvalue weighted by Crippen LogP contribution is -2.16. The van der Waals surface area contributed by atoms with Crippen molar-refractivity contribution in [2.75, 3.05) is 0 Å². The van der Waals surface area contributed by atoms with E-state index >= 15 is 0 Å². The van der Waals surface area contributed by atoms with E-state index in [2.05, 4.69) is 5.10 Å². The lowest BCUT2D eigenvalue weighted by Gasteiger charge is -2.07. The number of rotatable bonds is 2. The van der Waals surface area contributed by atoms with Crippen LogP contribution in [0.25, 0.3) is 10.9 Å². The van der Waals surface area contributed by atoms with Gasteiger partial charge in [0, 0.05) is 5.39 Å². The number of benzene rings is 1. The Balaban J connectivity index is 2.82. The highest BCUT2D eigenvalue weighted by Crippen LogP contribution is 2.27. The highest BCUT2D eigenvalue weighted by Gasteiger charge is 2.17. The molecule has 2 N–H and O–H groups in total. The normalized spacial score (nSPS) is 13.6. The fourth-order valence-electron chi connectivity index (χ4n) is 1.90. The van der Waals surface area contributed by atoms with Crippen LogP contribution in [0.3, 0.4) is 0 Å². The Bertz CT molecular complexity index is 514. The SMILES string of the molecule is CC(C)c1nn(C(C)N)c2c(F)cccc12. The Kier molecular flexibility index (Phi) is 2.68. The molecule has 0 spiro atoms. The molecule has 1 heterocycles. The molecule has 0 saturated carbocycles. The van der Waals surface area contributed by atoms with Crippen molar-refractivity contribution in [1.29, 1.82) is 0 Å². The third kappa shape index (κ3) is 1.59. The van der Waals surface area contributed by atoms with Gasteiger partial charge in [0.2, 0.25) is 0 Å². The van der Waals surface area contributed by atoms with Crippen LogP contribution in [0.5, 0.6) is 0 Å². The maximum absolute atomic E-state index is 13.8. The van der Waals surface area contributed by atoms with Crippen molar-refractivity contribution in [3.05, 3.63) is 29.7 Å². The van der Waals surface area contributed by atoms with Gasteiger partial charge in [-0.15, -0.1) is 0 Å². The van der Waals surface area contributed by atoms with Gasteiger partial charge < -0.3 is 5.73 Å². The minimum atomic E-state index is -0.327. The van der Waals surface area contributed by atoms with Gasteiger partial charge in [-0.05, 0) is 18.9 Å². The summed E-state index contributed by atoms with van der Waals surface area (Å²) in [5.41, 5.74) is 7.19. The summed E-state index contributed by atoms with van der Waals surface area (Å²) < 4.78 is 15.3. The molecule has 0 amide bonds. The average Bonchev–Trinajstić information content (AvgIpc) is 2.58. The molecule has 4 heteroatoms. The zero-order chi connectivity index (χ0) is 11.9. The quantitative estimate of drug-likeness (QED) is 0.847. The summed E-state index contributed by atoms with van der Waals surface area (Å²) >= 11 is 0. The Labute approximate surface area is 94.1 Å². The lowest BCUT2D eigenvalue weighted by molar-refractivity contribution is 0.506. The molecular weight excluding hydrogens is 205 g/mol. The molecule has 0 fully saturated rings. The number of fused-ring (bicyclic) bond motifs is 1. The van der Waals surface area contributed by atoms with E-state index in [0.29, 0.717) is 5.52 Å². The van der Waals surface area contributed by atoms with E-state index < -0.39 is 0 Å². The van der Waals surface area contributed by atoms with Crippen LogP contribution >= 0.6 is 0 Å². The van der Waals surface area contributed by atoms with Crippen LogP contribution in [0.15, 0.2) is 18.2 Å². The molecule has 86 valence electrons. The molecule has 1 unspecified atom stereocenters. The van der Waals surface area contributed by atoms with E-state index in [1.165, 1.54) is 6.07 Å². The van der Waals surface area contributed by atoms with Gasteiger partial charge in [-0.25, -0.2) is 9.07 Å². The van der Waals surface area contributed by atoms with Crippen LogP contribution in [0.1, 0.15) is 38.5 Å². The summed E-state index contributed by atoms with van der Waals surface area (Å²) in [5, 5.41) is 5.25. The number of nitrogens with zero attached hydrogens (tertiary/aromatic N) is 2. The van der Waals surface area contributed by atoms with Gasteiger partial charge in [0.1, 0.15) is 11.3 Å². The van der Waals surface area contributed by atoms with Crippen molar-refractivity contribution in [2.24, 2.45) is 5.73 Å². The van der Waals surface area contributed by atoms with Crippen LogP contribution in [0, 0.1) is 5.82 Å². The lowest BCUT2D eigenvalue weighted by atomic mass is 10.1. The summed E-state index contributed by atoms with van der Waals surface area (Å²) in [6, 6.07) is 5.03. The van der Waals surface area contributed by atoms with Gasteiger partial charge in [-0.3, -0.25) is 0 Å². The molecule has 2 rings (SSSR count). The molecular formula is C12H16FN3. The molecule has 1 aromatic carbocycles. The van der Waals surface area contributed by atoms with Gasteiger partial charge in [-0.2, -0.15) is 5.10 Å². The monoisotopic (exact) mass is 221 g/mol. The molecule has 3 nitrogen and oxygen atoms in total. The summed E-state index contributed by atoms with van der Waals surface area (Å²) in [5.74, 6) is -0.0153. The topological polar surface area (TPSA) is 43.8 Å². The van der Waals surface area contributed by atoms with E-state index in [4.69, 9.17) is 5.73 Å². The maximum Gasteiger partial charge on any atom is 0.149 e. The van der Waals surface area contributed by atoms with Crippen molar-refractivity contribution in [3.8, 4) is 0 Å². The first kappa shape index (κ1) is 11.1. The molecule has 0 aliphatic rings. The van der Waals surface area contributed by atoms with Crippen molar-refractivity contribution in [1.82, 2.24) is 9.78 Å². The Morgan fingerprint density at radius 2 is 2.00 bits per heavy atom. The van der Waals surface area contributed by atoms with E-state index in [9.17, 15) is 4.39 Å². The number of hydrogen-bond donors (Lipinski definition) is 1. The second kappa shape index (κ2) is 3.87. The number of para-hydroxylation sites is 1. The van der Waals surface area contributed by atoms with Crippen molar-refractivity contribution >= 4 is 10.9 Å². The van der Waals surface area contributed by atoms with E-state index in [1.54, 1.807) is 17.7 Å². The predicted octanol–water partition coefficient (Wildman–Crippen LogP) is 2.78. The predicted molar refractivity (Wildman–Crippen MR) is 62.7 cm³/mol.